The summed E-state index contributed by atoms with van der Waals surface area (Å²) in [4.78, 5) is 16.0. The minimum absolute atomic E-state index is 0.151. The molecule has 1 fully saturated rings. The SMILES string of the molecule is CCNC1(C(=O)OC)CCC(n2ccnc2)C1. The van der Waals surface area contributed by atoms with Crippen molar-refractivity contribution in [1.82, 2.24) is 14.9 Å². The molecular formula is C12H19N3O2. The van der Waals surface area contributed by atoms with Crippen molar-refractivity contribution in [3.8, 4) is 0 Å². The van der Waals surface area contributed by atoms with Crippen LogP contribution in [-0.2, 0) is 9.53 Å². The lowest BCUT2D eigenvalue weighted by Crippen LogP contribution is -2.50. The molecule has 1 N–H and O–H groups in total. The largest absolute Gasteiger partial charge is 0.468 e. The predicted octanol–water partition coefficient (Wildman–Crippen LogP) is 1.13. The van der Waals surface area contributed by atoms with Crippen LogP contribution in [0, 0.1) is 0 Å². The highest BCUT2D eigenvalue weighted by Crippen LogP contribution is 2.38. The van der Waals surface area contributed by atoms with Gasteiger partial charge in [0.1, 0.15) is 5.54 Å². The minimum atomic E-state index is -0.515. The maximum absolute atomic E-state index is 11.9. The van der Waals surface area contributed by atoms with Crippen LogP contribution in [0.4, 0.5) is 0 Å². The molecule has 1 heterocycles. The van der Waals surface area contributed by atoms with Crippen molar-refractivity contribution in [3.63, 3.8) is 0 Å². The smallest absolute Gasteiger partial charge is 0.326 e. The van der Waals surface area contributed by atoms with Gasteiger partial charge in [0.2, 0.25) is 0 Å². The molecule has 1 aliphatic rings. The Morgan fingerprint density at radius 2 is 2.53 bits per heavy atom. The van der Waals surface area contributed by atoms with E-state index >= 15 is 0 Å². The molecule has 2 unspecified atom stereocenters. The number of hydrogen-bond acceptors (Lipinski definition) is 4. The van der Waals surface area contributed by atoms with E-state index in [9.17, 15) is 4.79 Å². The molecule has 17 heavy (non-hydrogen) atoms. The first-order valence-electron chi connectivity index (χ1n) is 6.03. The van der Waals surface area contributed by atoms with E-state index in [-0.39, 0.29) is 5.97 Å². The molecule has 1 aromatic rings. The molecule has 2 atom stereocenters. The van der Waals surface area contributed by atoms with E-state index in [2.05, 4.69) is 14.9 Å². The third kappa shape index (κ3) is 2.20. The lowest BCUT2D eigenvalue weighted by Gasteiger charge is -2.27. The monoisotopic (exact) mass is 237 g/mol. The molecule has 94 valence electrons. The summed E-state index contributed by atoms with van der Waals surface area (Å²) < 4.78 is 7.00. The number of nitrogens with zero attached hydrogens (tertiary/aromatic N) is 2. The highest BCUT2D eigenvalue weighted by molar-refractivity contribution is 5.81. The number of aromatic nitrogens is 2. The Bertz CT molecular complexity index is 377. The van der Waals surface area contributed by atoms with Crippen molar-refractivity contribution in [2.45, 2.75) is 37.8 Å². The van der Waals surface area contributed by atoms with Crippen LogP contribution in [0.3, 0.4) is 0 Å². The third-order valence-electron chi connectivity index (χ3n) is 3.53. The molecule has 1 aliphatic carbocycles. The molecule has 0 radical (unpaired) electrons. The van der Waals surface area contributed by atoms with Crippen LogP contribution in [0.5, 0.6) is 0 Å². The summed E-state index contributed by atoms with van der Waals surface area (Å²) in [6.07, 6.45) is 8.08. The average Bonchev–Trinajstić information content (AvgIpc) is 2.97. The zero-order valence-corrected chi connectivity index (χ0v) is 10.3. The lowest BCUT2D eigenvalue weighted by atomic mass is 9.97. The zero-order valence-electron chi connectivity index (χ0n) is 10.3. The number of methoxy groups -OCH3 is 1. The summed E-state index contributed by atoms with van der Waals surface area (Å²) in [5.41, 5.74) is -0.515. The van der Waals surface area contributed by atoms with Crippen LogP contribution in [0.25, 0.3) is 0 Å². The number of esters is 1. The third-order valence-corrected chi connectivity index (χ3v) is 3.53. The second kappa shape index (κ2) is 4.87. The van der Waals surface area contributed by atoms with Gasteiger partial charge < -0.3 is 14.6 Å². The number of hydrogen-bond donors (Lipinski definition) is 1. The number of rotatable bonds is 4. The number of carbonyl (C=O) groups excluding carboxylic acids is 1. The Morgan fingerprint density at radius 3 is 3.12 bits per heavy atom. The molecule has 0 spiro atoms. The number of likely N-dealkylation sites (N-methyl/N-ethyl adjacent to an activating group) is 1. The highest BCUT2D eigenvalue weighted by atomic mass is 16.5. The topological polar surface area (TPSA) is 56.1 Å². The normalized spacial score (nSPS) is 28.2. The van der Waals surface area contributed by atoms with E-state index < -0.39 is 5.54 Å². The molecular weight excluding hydrogens is 218 g/mol. The molecule has 1 saturated carbocycles. The molecule has 5 nitrogen and oxygen atoms in total. The van der Waals surface area contributed by atoms with Gasteiger partial charge in [-0.3, -0.25) is 4.79 Å². The predicted molar refractivity (Wildman–Crippen MR) is 63.5 cm³/mol. The van der Waals surface area contributed by atoms with Crippen molar-refractivity contribution in [3.05, 3.63) is 18.7 Å². The zero-order chi connectivity index (χ0) is 12.3. The van der Waals surface area contributed by atoms with Crippen molar-refractivity contribution in [2.75, 3.05) is 13.7 Å². The minimum Gasteiger partial charge on any atom is -0.468 e. The summed E-state index contributed by atoms with van der Waals surface area (Å²) in [5, 5.41) is 3.29. The molecule has 0 aromatic carbocycles. The molecule has 2 rings (SSSR count). The first kappa shape index (κ1) is 12.1. The van der Waals surface area contributed by atoms with Gasteiger partial charge in [-0.05, 0) is 25.8 Å². The maximum atomic E-state index is 11.9. The van der Waals surface area contributed by atoms with Gasteiger partial charge in [0, 0.05) is 18.4 Å². The summed E-state index contributed by atoms with van der Waals surface area (Å²) in [7, 11) is 1.45. The van der Waals surface area contributed by atoms with Crippen LogP contribution in [0.2, 0.25) is 0 Å². The van der Waals surface area contributed by atoms with Gasteiger partial charge in [-0.15, -0.1) is 0 Å². The van der Waals surface area contributed by atoms with Crippen molar-refractivity contribution in [1.29, 1.82) is 0 Å². The van der Waals surface area contributed by atoms with Gasteiger partial charge in [-0.1, -0.05) is 6.92 Å². The van der Waals surface area contributed by atoms with E-state index in [1.807, 2.05) is 19.4 Å². The second-order valence-corrected chi connectivity index (χ2v) is 4.51. The van der Waals surface area contributed by atoms with E-state index in [0.717, 1.165) is 25.8 Å². The maximum Gasteiger partial charge on any atom is 0.326 e. The fraction of sp³-hybridized carbons (Fsp3) is 0.667. The van der Waals surface area contributed by atoms with Gasteiger partial charge in [0.25, 0.3) is 0 Å². The molecule has 0 aliphatic heterocycles. The van der Waals surface area contributed by atoms with E-state index in [4.69, 9.17) is 4.74 Å². The first-order valence-corrected chi connectivity index (χ1v) is 6.03. The molecule has 1 aromatic heterocycles. The van der Waals surface area contributed by atoms with Crippen molar-refractivity contribution in [2.24, 2.45) is 0 Å². The van der Waals surface area contributed by atoms with Gasteiger partial charge in [0.15, 0.2) is 0 Å². The quantitative estimate of drug-likeness (QED) is 0.798. The number of carbonyl (C=O) groups is 1. The summed E-state index contributed by atoms with van der Waals surface area (Å²) in [6, 6.07) is 0.329. The first-order chi connectivity index (χ1) is 8.22. The van der Waals surface area contributed by atoms with Gasteiger partial charge in [-0.25, -0.2) is 4.98 Å². The van der Waals surface area contributed by atoms with E-state index in [1.165, 1.54) is 7.11 Å². The van der Waals surface area contributed by atoms with Gasteiger partial charge in [0.05, 0.1) is 13.4 Å². The van der Waals surface area contributed by atoms with Crippen LogP contribution in [0.15, 0.2) is 18.7 Å². The fourth-order valence-corrected chi connectivity index (χ4v) is 2.71. The van der Waals surface area contributed by atoms with Gasteiger partial charge in [-0.2, -0.15) is 0 Å². The second-order valence-electron chi connectivity index (χ2n) is 4.51. The van der Waals surface area contributed by atoms with Crippen LogP contribution >= 0.6 is 0 Å². The van der Waals surface area contributed by atoms with E-state index in [1.54, 1.807) is 6.20 Å². The Kier molecular flexibility index (Phi) is 3.47. The average molecular weight is 237 g/mol. The van der Waals surface area contributed by atoms with Crippen LogP contribution in [0.1, 0.15) is 32.2 Å². The molecule has 5 heteroatoms. The summed E-state index contributed by atoms with van der Waals surface area (Å²) >= 11 is 0. The highest BCUT2D eigenvalue weighted by Gasteiger charge is 2.46. The summed E-state index contributed by atoms with van der Waals surface area (Å²) in [5.74, 6) is -0.151. The van der Waals surface area contributed by atoms with Crippen LogP contribution < -0.4 is 5.32 Å². The number of nitrogens with one attached hydrogen (secondary N) is 1. The van der Waals surface area contributed by atoms with E-state index in [0.29, 0.717) is 6.04 Å². The number of ether oxygens (including phenoxy) is 1. The van der Waals surface area contributed by atoms with Gasteiger partial charge >= 0.3 is 5.97 Å². The Hall–Kier alpha value is -1.36. The number of imidazole rings is 1. The van der Waals surface area contributed by atoms with Crippen molar-refractivity contribution >= 4 is 5.97 Å². The summed E-state index contributed by atoms with van der Waals surface area (Å²) in [6.45, 7) is 2.78. The van der Waals surface area contributed by atoms with Crippen molar-refractivity contribution < 1.29 is 9.53 Å². The molecule has 0 saturated heterocycles. The van der Waals surface area contributed by atoms with Crippen LogP contribution in [-0.4, -0.2) is 34.7 Å². The molecule has 0 amide bonds. The standard InChI is InChI=1S/C12H19N3O2/c1-3-14-12(11(16)17-2)5-4-10(8-12)15-7-6-13-9-15/h6-7,9-10,14H,3-5,8H2,1-2H3. The fourth-order valence-electron chi connectivity index (χ4n) is 2.71. The Morgan fingerprint density at radius 1 is 1.71 bits per heavy atom. The molecule has 0 bridgehead atoms. The Labute approximate surface area is 101 Å². The lowest BCUT2D eigenvalue weighted by molar-refractivity contribution is -0.148. The Balaban J connectivity index is 2.14.